The lowest BCUT2D eigenvalue weighted by Crippen LogP contribution is -2.01. The van der Waals surface area contributed by atoms with E-state index in [-0.39, 0.29) is 5.97 Å². The quantitative estimate of drug-likeness (QED) is 0.307. The van der Waals surface area contributed by atoms with E-state index in [1.807, 2.05) is 24.3 Å². The Morgan fingerprint density at radius 1 is 1.11 bits per heavy atom. The molecule has 0 aromatic heterocycles. The highest BCUT2D eigenvalue weighted by Crippen LogP contribution is 2.14. The van der Waals surface area contributed by atoms with Gasteiger partial charge in [-0.15, -0.1) is 0 Å². The Labute approximate surface area is 108 Å². The van der Waals surface area contributed by atoms with E-state index in [9.17, 15) is 9.59 Å². The fraction of sp³-hybridized carbons (Fsp3) is 0.467. The fourth-order valence-electron chi connectivity index (χ4n) is 1.80. The number of rotatable bonds is 8. The van der Waals surface area contributed by atoms with Gasteiger partial charge in [0.05, 0.1) is 0 Å². The fourth-order valence-corrected chi connectivity index (χ4v) is 1.80. The van der Waals surface area contributed by atoms with E-state index in [2.05, 4.69) is 0 Å². The van der Waals surface area contributed by atoms with Gasteiger partial charge in [-0.1, -0.05) is 25.0 Å². The Balaban J connectivity index is 2.22. The molecule has 0 atom stereocenters. The summed E-state index contributed by atoms with van der Waals surface area (Å²) in [6.07, 6.45) is 7.08. The van der Waals surface area contributed by atoms with Crippen molar-refractivity contribution in [2.24, 2.45) is 0 Å². The molecule has 0 amide bonds. The zero-order valence-electron chi connectivity index (χ0n) is 10.9. The first-order valence-corrected chi connectivity index (χ1v) is 6.43. The number of benzene rings is 1. The van der Waals surface area contributed by atoms with Crippen molar-refractivity contribution in [3.8, 4) is 5.75 Å². The monoisotopic (exact) mass is 248 g/mol. The van der Waals surface area contributed by atoms with Gasteiger partial charge in [-0.25, -0.2) is 0 Å². The molecule has 0 saturated heterocycles. The molecule has 98 valence electrons. The van der Waals surface area contributed by atoms with Gasteiger partial charge in [0.2, 0.25) is 0 Å². The molecule has 0 aliphatic carbocycles. The smallest absolute Gasteiger partial charge is 0.308 e. The van der Waals surface area contributed by atoms with Crippen LogP contribution in [0.2, 0.25) is 0 Å². The maximum absolute atomic E-state index is 10.7. The SMILES string of the molecule is CC(=O)Oc1ccc(CCCCCCC=O)cc1. The van der Waals surface area contributed by atoms with Gasteiger partial charge in [-0.05, 0) is 37.0 Å². The van der Waals surface area contributed by atoms with Crippen molar-refractivity contribution in [3.63, 3.8) is 0 Å². The van der Waals surface area contributed by atoms with E-state index < -0.39 is 0 Å². The van der Waals surface area contributed by atoms with Crippen molar-refractivity contribution >= 4 is 12.3 Å². The molecule has 0 spiro atoms. The van der Waals surface area contributed by atoms with Crippen molar-refractivity contribution in [2.75, 3.05) is 0 Å². The third kappa shape index (κ3) is 6.18. The Hall–Kier alpha value is -1.64. The number of esters is 1. The first-order chi connectivity index (χ1) is 8.72. The molecule has 0 aliphatic rings. The molecule has 0 N–H and O–H groups in total. The van der Waals surface area contributed by atoms with E-state index in [4.69, 9.17) is 4.74 Å². The number of hydrogen-bond donors (Lipinski definition) is 0. The average molecular weight is 248 g/mol. The number of aryl methyl sites for hydroxylation is 1. The van der Waals surface area contributed by atoms with Crippen LogP contribution >= 0.6 is 0 Å². The second-order valence-electron chi connectivity index (χ2n) is 4.36. The van der Waals surface area contributed by atoms with Gasteiger partial charge in [0.25, 0.3) is 0 Å². The second-order valence-corrected chi connectivity index (χ2v) is 4.36. The zero-order valence-corrected chi connectivity index (χ0v) is 10.9. The predicted molar refractivity (Wildman–Crippen MR) is 70.6 cm³/mol. The number of carbonyl (C=O) groups is 2. The van der Waals surface area contributed by atoms with Crippen molar-refractivity contribution in [1.82, 2.24) is 0 Å². The first-order valence-electron chi connectivity index (χ1n) is 6.43. The molecular formula is C15H20O3. The van der Waals surface area contributed by atoms with Crippen LogP contribution in [0.5, 0.6) is 5.75 Å². The van der Waals surface area contributed by atoms with Crippen LogP contribution < -0.4 is 4.74 Å². The molecular weight excluding hydrogens is 228 g/mol. The van der Waals surface area contributed by atoms with E-state index >= 15 is 0 Å². The van der Waals surface area contributed by atoms with E-state index in [1.54, 1.807) is 0 Å². The summed E-state index contributed by atoms with van der Waals surface area (Å²) >= 11 is 0. The average Bonchev–Trinajstić information content (AvgIpc) is 2.35. The molecule has 0 bridgehead atoms. The number of unbranched alkanes of at least 4 members (excludes halogenated alkanes) is 4. The summed E-state index contributed by atoms with van der Waals surface area (Å²) in [6.45, 7) is 1.40. The highest BCUT2D eigenvalue weighted by molar-refractivity contribution is 5.69. The number of carbonyl (C=O) groups excluding carboxylic acids is 2. The van der Waals surface area contributed by atoms with Gasteiger partial charge in [-0.3, -0.25) is 4.79 Å². The zero-order chi connectivity index (χ0) is 13.2. The first kappa shape index (κ1) is 14.4. The largest absolute Gasteiger partial charge is 0.427 e. The van der Waals surface area contributed by atoms with Gasteiger partial charge in [-0.2, -0.15) is 0 Å². The summed E-state index contributed by atoms with van der Waals surface area (Å²) in [7, 11) is 0. The van der Waals surface area contributed by atoms with Crippen molar-refractivity contribution in [2.45, 2.75) is 45.4 Å². The van der Waals surface area contributed by atoms with Crippen molar-refractivity contribution in [1.29, 1.82) is 0 Å². The van der Waals surface area contributed by atoms with Gasteiger partial charge in [0.15, 0.2) is 0 Å². The molecule has 0 unspecified atom stereocenters. The van der Waals surface area contributed by atoms with Crippen LogP contribution in [-0.4, -0.2) is 12.3 Å². The molecule has 3 nitrogen and oxygen atoms in total. The van der Waals surface area contributed by atoms with Crippen LogP contribution in [0, 0.1) is 0 Å². The van der Waals surface area contributed by atoms with Gasteiger partial charge in [0, 0.05) is 13.3 Å². The molecule has 0 fully saturated rings. The lowest BCUT2D eigenvalue weighted by atomic mass is 10.1. The van der Waals surface area contributed by atoms with Crippen LogP contribution in [-0.2, 0) is 16.0 Å². The van der Waals surface area contributed by atoms with E-state index in [1.165, 1.54) is 12.5 Å². The Kier molecular flexibility index (Phi) is 6.77. The predicted octanol–water partition coefficient (Wildman–Crippen LogP) is 3.30. The molecule has 1 aromatic carbocycles. The molecule has 0 saturated carbocycles. The van der Waals surface area contributed by atoms with E-state index in [0.717, 1.165) is 38.4 Å². The summed E-state index contributed by atoms with van der Waals surface area (Å²) in [6, 6.07) is 7.62. The van der Waals surface area contributed by atoms with Crippen molar-refractivity contribution in [3.05, 3.63) is 29.8 Å². The molecule has 3 heteroatoms. The maximum Gasteiger partial charge on any atom is 0.308 e. The van der Waals surface area contributed by atoms with Gasteiger partial charge >= 0.3 is 5.97 Å². The van der Waals surface area contributed by atoms with Crippen LogP contribution in [0.25, 0.3) is 0 Å². The van der Waals surface area contributed by atoms with Crippen molar-refractivity contribution < 1.29 is 14.3 Å². The highest BCUT2D eigenvalue weighted by atomic mass is 16.5. The number of aldehydes is 1. The number of hydrogen-bond acceptors (Lipinski definition) is 3. The topological polar surface area (TPSA) is 43.4 Å². The summed E-state index contributed by atoms with van der Waals surface area (Å²) in [5.41, 5.74) is 1.25. The molecule has 0 radical (unpaired) electrons. The summed E-state index contributed by atoms with van der Waals surface area (Å²) in [4.78, 5) is 20.9. The highest BCUT2D eigenvalue weighted by Gasteiger charge is 1.98. The van der Waals surface area contributed by atoms with Gasteiger partial charge in [0.1, 0.15) is 12.0 Å². The van der Waals surface area contributed by atoms with Crippen LogP contribution in [0.15, 0.2) is 24.3 Å². The molecule has 1 rings (SSSR count). The summed E-state index contributed by atoms with van der Waals surface area (Å²) in [5.74, 6) is 0.301. The third-order valence-electron chi connectivity index (χ3n) is 2.72. The van der Waals surface area contributed by atoms with Crippen LogP contribution in [0.1, 0.15) is 44.6 Å². The summed E-state index contributed by atoms with van der Waals surface area (Å²) in [5, 5.41) is 0. The minimum Gasteiger partial charge on any atom is -0.427 e. The normalized spacial score (nSPS) is 10.1. The van der Waals surface area contributed by atoms with Crippen LogP contribution in [0.3, 0.4) is 0 Å². The molecule has 0 aliphatic heterocycles. The minimum absolute atomic E-state index is 0.294. The van der Waals surface area contributed by atoms with E-state index in [0.29, 0.717) is 12.2 Å². The Morgan fingerprint density at radius 2 is 1.78 bits per heavy atom. The van der Waals surface area contributed by atoms with Crippen LogP contribution in [0.4, 0.5) is 0 Å². The molecule has 1 aromatic rings. The third-order valence-corrected chi connectivity index (χ3v) is 2.72. The summed E-state index contributed by atoms with van der Waals surface area (Å²) < 4.78 is 4.97. The van der Waals surface area contributed by atoms with Gasteiger partial charge < -0.3 is 9.53 Å². The maximum atomic E-state index is 10.7. The molecule has 18 heavy (non-hydrogen) atoms. The Bertz CT molecular complexity index is 368. The lowest BCUT2D eigenvalue weighted by molar-refractivity contribution is -0.131. The Morgan fingerprint density at radius 3 is 2.39 bits per heavy atom. The second kappa shape index (κ2) is 8.45. The molecule has 0 heterocycles. The minimum atomic E-state index is -0.294. The number of ether oxygens (including phenoxy) is 1. The lowest BCUT2D eigenvalue weighted by Gasteiger charge is -2.04. The standard InChI is InChI=1S/C15H20O3/c1-13(17)18-15-10-8-14(9-11-15)7-5-3-2-4-6-12-16/h8-12H,2-7H2,1H3.